The van der Waals surface area contributed by atoms with Crippen LogP contribution in [0.25, 0.3) is 0 Å². The minimum atomic E-state index is -0.238. The molecule has 3 nitrogen and oxygen atoms in total. The van der Waals surface area contributed by atoms with Gasteiger partial charge in [-0.15, -0.1) is 0 Å². The fourth-order valence-electron chi connectivity index (χ4n) is 2.29. The van der Waals surface area contributed by atoms with Gasteiger partial charge in [0.25, 0.3) is 0 Å². The third-order valence-electron chi connectivity index (χ3n) is 3.52. The number of piperidine rings is 1. The van der Waals surface area contributed by atoms with Crippen molar-refractivity contribution in [2.75, 3.05) is 18.0 Å². The van der Waals surface area contributed by atoms with Gasteiger partial charge in [-0.05, 0) is 36.1 Å². The molecule has 0 aliphatic carbocycles. The lowest BCUT2D eigenvalue weighted by molar-refractivity contribution is 0.103. The summed E-state index contributed by atoms with van der Waals surface area (Å²) >= 11 is 3.46. The lowest BCUT2D eigenvalue weighted by Gasteiger charge is -2.36. The Kier molecular flexibility index (Phi) is 4.07. The largest absolute Gasteiger partial charge is 0.391 e. The fourth-order valence-corrected chi connectivity index (χ4v) is 2.70. The maximum Gasteiger partial charge on any atom is 0.0741 e. The van der Waals surface area contributed by atoms with Crippen molar-refractivity contribution in [2.45, 2.75) is 26.0 Å². The van der Waals surface area contributed by atoms with Crippen LogP contribution in [0.15, 0.2) is 22.7 Å². The number of aliphatic hydroxyl groups is 1. The van der Waals surface area contributed by atoms with Crippen molar-refractivity contribution in [3.63, 3.8) is 0 Å². The summed E-state index contributed by atoms with van der Waals surface area (Å²) in [7, 11) is 0. The molecular weight excluding hydrogens is 280 g/mol. The number of halogens is 1. The van der Waals surface area contributed by atoms with E-state index < -0.39 is 0 Å². The van der Waals surface area contributed by atoms with Gasteiger partial charge in [-0.25, -0.2) is 0 Å². The summed E-state index contributed by atoms with van der Waals surface area (Å²) < 4.78 is 1.05. The van der Waals surface area contributed by atoms with E-state index in [0.29, 0.717) is 19.0 Å². The summed E-state index contributed by atoms with van der Waals surface area (Å²) in [5.74, 6) is 0.392. The van der Waals surface area contributed by atoms with Gasteiger partial charge >= 0.3 is 0 Å². The number of rotatable bonds is 2. The molecule has 3 N–H and O–H groups in total. The Morgan fingerprint density at radius 1 is 1.53 bits per heavy atom. The monoisotopic (exact) mass is 298 g/mol. The lowest BCUT2D eigenvalue weighted by Crippen LogP contribution is -2.43. The number of anilines is 1. The van der Waals surface area contributed by atoms with Crippen molar-refractivity contribution in [3.05, 3.63) is 28.2 Å². The molecule has 1 aliphatic heterocycles. The second-order valence-corrected chi connectivity index (χ2v) is 5.67. The first-order valence-corrected chi connectivity index (χ1v) is 6.82. The van der Waals surface area contributed by atoms with Gasteiger partial charge in [0.2, 0.25) is 0 Å². The molecule has 0 bridgehead atoms. The van der Waals surface area contributed by atoms with Gasteiger partial charge in [0, 0.05) is 29.8 Å². The predicted octanol–water partition coefficient (Wildman–Crippen LogP) is 2.11. The van der Waals surface area contributed by atoms with Crippen molar-refractivity contribution < 1.29 is 5.11 Å². The van der Waals surface area contributed by atoms with Gasteiger partial charge < -0.3 is 15.7 Å². The van der Waals surface area contributed by atoms with Gasteiger partial charge in [0.05, 0.1) is 6.10 Å². The Morgan fingerprint density at radius 3 is 2.94 bits per heavy atom. The first-order chi connectivity index (χ1) is 8.11. The molecular formula is C13H19BrN2O. The predicted molar refractivity (Wildman–Crippen MR) is 74.0 cm³/mol. The Bertz CT molecular complexity index is 397. The zero-order valence-electron chi connectivity index (χ0n) is 10.1. The van der Waals surface area contributed by atoms with Crippen molar-refractivity contribution in [1.82, 2.24) is 0 Å². The van der Waals surface area contributed by atoms with Crippen molar-refractivity contribution in [2.24, 2.45) is 11.7 Å². The van der Waals surface area contributed by atoms with E-state index in [9.17, 15) is 5.11 Å². The minimum Gasteiger partial charge on any atom is -0.391 e. The summed E-state index contributed by atoms with van der Waals surface area (Å²) in [6.45, 7) is 4.33. The smallest absolute Gasteiger partial charge is 0.0741 e. The van der Waals surface area contributed by atoms with Crippen LogP contribution in [0.4, 0.5) is 5.69 Å². The summed E-state index contributed by atoms with van der Waals surface area (Å²) in [6, 6.07) is 6.16. The second kappa shape index (κ2) is 5.38. The van der Waals surface area contributed by atoms with Crippen LogP contribution in [0.5, 0.6) is 0 Å². The number of aliphatic hydroxyl groups excluding tert-OH is 1. The van der Waals surface area contributed by atoms with Gasteiger partial charge in [-0.2, -0.15) is 0 Å². The molecule has 94 valence electrons. The quantitative estimate of drug-likeness (QED) is 0.879. The normalized spacial score (nSPS) is 25.1. The molecule has 4 heteroatoms. The van der Waals surface area contributed by atoms with Gasteiger partial charge in [0.1, 0.15) is 0 Å². The molecule has 1 aromatic rings. The highest BCUT2D eigenvalue weighted by Gasteiger charge is 2.25. The van der Waals surface area contributed by atoms with E-state index in [2.05, 4.69) is 39.9 Å². The standard InChI is InChI=1S/C13H19BrN2O/c1-9-4-5-16(8-13(9)17)12-3-2-11(14)6-10(12)7-15/h2-3,6,9,13,17H,4-5,7-8,15H2,1H3. The number of hydrogen-bond donors (Lipinski definition) is 2. The summed E-state index contributed by atoms with van der Waals surface area (Å²) in [4.78, 5) is 2.24. The topological polar surface area (TPSA) is 49.5 Å². The second-order valence-electron chi connectivity index (χ2n) is 4.76. The summed E-state index contributed by atoms with van der Waals surface area (Å²) in [6.07, 6.45) is 0.791. The Balaban J connectivity index is 2.22. The molecule has 1 aromatic carbocycles. The molecule has 1 saturated heterocycles. The molecule has 1 fully saturated rings. The number of hydrogen-bond acceptors (Lipinski definition) is 3. The van der Waals surface area contributed by atoms with E-state index in [4.69, 9.17) is 5.73 Å². The highest BCUT2D eigenvalue weighted by atomic mass is 79.9. The third-order valence-corrected chi connectivity index (χ3v) is 4.01. The highest BCUT2D eigenvalue weighted by Crippen LogP contribution is 2.28. The molecule has 0 amide bonds. The SMILES string of the molecule is CC1CCN(c2ccc(Br)cc2CN)CC1O. The van der Waals surface area contributed by atoms with Crippen LogP contribution >= 0.6 is 15.9 Å². The summed E-state index contributed by atoms with van der Waals surface area (Å²) in [5.41, 5.74) is 8.06. The molecule has 0 aromatic heterocycles. The van der Waals surface area contributed by atoms with Crippen molar-refractivity contribution in [3.8, 4) is 0 Å². The van der Waals surface area contributed by atoms with Crippen molar-refractivity contribution >= 4 is 21.6 Å². The van der Waals surface area contributed by atoms with Crippen LogP contribution in [0.3, 0.4) is 0 Å². The van der Waals surface area contributed by atoms with E-state index in [-0.39, 0.29) is 6.10 Å². The van der Waals surface area contributed by atoms with Gasteiger partial charge in [-0.3, -0.25) is 0 Å². The molecule has 2 atom stereocenters. The van der Waals surface area contributed by atoms with Gasteiger partial charge in [0.15, 0.2) is 0 Å². The molecule has 1 aliphatic rings. The first-order valence-electron chi connectivity index (χ1n) is 6.03. The Hall–Kier alpha value is -0.580. The van der Waals surface area contributed by atoms with Crippen LogP contribution in [0, 0.1) is 5.92 Å². The van der Waals surface area contributed by atoms with E-state index in [0.717, 1.165) is 28.7 Å². The van der Waals surface area contributed by atoms with E-state index >= 15 is 0 Å². The third kappa shape index (κ3) is 2.81. The van der Waals surface area contributed by atoms with E-state index in [1.807, 2.05) is 6.07 Å². The maximum atomic E-state index is 9.95. The number of benzene rings is 1. The summed E-state index contributed by atoms with van der Waals surface area (Å²) in [5, 5.41) is 9.95. The zero-order valence-corrected chi connectivity index (χ0v) is 11.7. The van der Waals surface area contributed by atoms with Crippen molar-refractivity contribution in [1.29, 1.82) is 0 Å². The lowest BCUT2D eigenvalue weighted by atomic mass is 9.95. The molecule has 1 heterocycles. The average molecular weight is 299 g/mol. The fraction of sp³-hybridized carbons (Fsp3) is 0.538. The van der Waals surface area contributed by atoms with Crippen LogP contribution < -0.4 is 10.6 Å². The van der Waals surface area contributed by atoms with Crippen LogP contribution in [0.1, 0.15) is 18.9 Å². The van der Waals surface area contributed by atoms with Crippen LogP contribution in [0.2, 0.25) is 0 Å². The van der Waals surface area contributed by atoms with Crippen LogP contribution in [-0.4, -0.2) is 24.3 Å². The first kappa shape index (κ1) is 12.9. The van der Waals surface area contributed by atoms with E-state index in [1.54, 1.807) is 0 Å². The number of nitrogens with zero attached hydrogens (tertiary/aromatic N) is 1. The molecule has 0 saturated carbocycles. The average Bonchev–Trinajstić information content (AvgIpc) is 2.32. The Labute approximate surface area is 111 Å². The molecule has 0 spiro atoms. The number of β-amino-alcohol motifs (C(OH)–C–C–N with tert-alkyl or cyclic N) is 1. The van der Waals surface area contributed by atoms with Gasteiger partial charge in [-0.1, -0.05) is 22.9 Å². The number of nitrogens with two attached hydrogens (primary N) is 1. The highest BCUT2D eigenvalue weighted by molar-refractivity contribution is 9.10. The molecule has 17 heavy (non-hydrogen) atoms. The molecule has 2 rings (SSSR count). The van der Waals surface area contributed by atoms with E-state index in [1.165, 1.54) is 0 Å². The minimum absolute atomic E-state index is 0.238. The van der Waals surface area contributed by atoms with Crippen LogP contribution in [-0.2, 0) is 6.54 Å². The molecule has 2 unspecified atom stereocenters. The Morgan fingerprint density at radius 2 is 2.29 bits per heavy atom. The zero-order chi connectivity index (χ0) is 12.4. The molecule has 0 radical (unpaired) electrons. The maximum absolute atomic E-state index is 9.95.